The Labute approximate surface area is 96.4 Å². The number of nitrogens with zero attached hydrogens (tertiary/aromatic N) is 2. The zero-order chi connectivity index (χ0) is 12.3. The van der Waals surface area contributed by atoms with Crippen molar-refractivity contribution in [3.8, 4) is 0 Å². The molecule has 1 unspecified atom stereocenters. The van der Waals surface area contributed by atoms with Crippen molar-refractivity contribution in [1.29, 1.82) is 0 Å². The zero-order valence-corrected chi connectivity index (χ0v) is 10.3. The predicted octanol–water partition coefficient (Wildman–Crippen LogP) is 1.02. The number of hydrogen-bond donors (Lipinski definition) is 3. The van der Waals surface area contributed by atoms with Crippen molar-refractivity contribution in [3.63, 3.8) is 0 Å². The molecule has 1 atom stereocenters. The smallest absolute Gasteiger partial charge is 0.169 e. The quantitative estimate of drug-likeness (QED) is 0.699. The monoisotopic (exact) mass is 226 g/mol. The number of anilines is 2. The Balaban J connectivity index is 2.90. The second kappa shape index (κ2) is 5.21. The molecule has 5 N–H and O–H groups in total. The lowest BCUT2D eigenvalue weighted by molar-refractivity contribution is 0.102. The van der Waals surface area contributed by atoms with E-state index in [4.69, 9.17) is 11.5 Å². The van der Waals surface area contributed by atoms with Crippen molar-refractivity contribution in [2.45, 2.75) is 46.3 Å². The molecule has 1 heterocycles. The summed E-state index contributed by atoms with van der Waals surface area (Å²) in [6.45, 7) is 6.47. The fourth-order valence-corrected chi connectivity index (χ4v) is 1.57. The fourth-order valence-electron chi connectivity index (χ4n) is 1.57. The minimum absolute atomic E-state index is 0.195. The van der Waals surface area contributed by atoms with E-state index >= 15 is 0 Å². The molecule has 0 radical (unpaired) electrons. The molecule has 0 amide bonds. The van der Waals surface area contributed by atoms with E-state index in [1.54, 1.807) is 4.68 Å². The Bertz CT molecular complexity index is 346. The average Bonchev–Trinajstić information content (AvgIpc) is 2.46. The van der Waals surface area contributed by atoms with Crippen molar-refractivity contribution in [3.05, 3.63) is 5.69 Å². The molecule has 5 nitrogen and oxygen atoms in total. The Hall–Kier alpha value is -1.23. The van der Waals surface area contributed by atoms with Crippen LogP contribution in [-0.4, -0.2) is 21.0 Å². The first-order valence-electron chi connectivity index (χ1n) is 5.76. The van der Waals surface area contributed by atoms with Gasteiger partial charge in [0.25, 0.3) is 0 Å². The maximum absolute atomic E-state index is 9.83. The SMILES string of the molecule is CCCc1c(N)c(N)nn1CC(O)C(C)C. The lowest BCUT2D eigenvalue weighted by Gasteiger charge is -2.16. The van der Waals surface area contributed by atoms with E-state index in [0.29, 0.717) is 18.1 Å². The molecule has 1 rings (SSSR count). The highest BCUT2D eigenvalue weighted by atomic mass is 16.3. The third kappa shape index (κ3) is 2.66. The first-order chi connectivity index (χ1) is 7.47. The van der Waals surface area contributed by atoms with Crippen LogP contribution in [0.3, 0.4) is 0 Å². The highest BCUT2D eigenvalue weighted by Crippen LogP contribution is 2.21. The van der Waals surface area contributed by atoms with Crippen molar-refractivity contribution < 1.29 is 5.11 Å². The summed E-state index contributed by atoms with van der Waals surface area (Å²) in [5.41, 5.74) is 13.0. The van der Waals surface area contributed by atoms with Crippen LogP contribution in [0.15, 0.2) is 0 Å². The minimum Gasteiger partial charge on any atom is -0.394 e. The number of nitrogens with two attached hydrogens (primary N) is 2. The summed E-state index contributed by atoms with van der Waals surface area (Å²) < 4.78 is 1.73. The second-order valence-corrected chi connectivity index (χ2v) is 4.49. The van der Waals surface area contributed by atoms with Crippen LogP contribution < -0.4 is 11.5 Å². The number of aromatic nitrogens is 2. The molecule has 0 spiro atoms. The van der Waals surface area contributed by atoms with Gasteiger partial charge in [-0.3, -0.25) is 4.68 Å². The van der Waals surface area contributed by atoms with Crippen LogP contribution >= 0.6 is 0 Å². The summed E-state index contributed by atoms with van der Waals surface area (Å²) in [6, 6.07) is 0. The number of aliphatic hydroxyl groups is 1. The van der Waals surface area contributed by atoms with Crippen LogP contribution in [-0.2, 0) is 13.0 Å². The number of rotatable bonds is 5. The lowest BCUT2D eigenvalue weighted by atomic mass is 10.1. The van der Waals surface area contributed by atoms with Gasteiger partial charge in [-0.2, -0.15) is 5.10 Å². The van der Waals surface area contributed by atoms with Crippen molar-refractivity contribution >= 4 is 11.5 Å². The van der Waals surface area contributed by atoms with Gasteiger partial charge in [-0.25, -0.2) is 0 Å². The van der Waals surface area contributed by atoms with Crippen LogP contribution in [0.1, 0.15) is 32.9 Å². The fraction of sp³-hybridized carbons (Fsp3) is 0.727. The summed E-state index contributed by atoms with van der Waals surface area (Å²) in [4.78, 5) is 0. The van der Waals surface area contributed by atoms with Gasteiger partial charge < -0.3 is 16.6 Å². The van der Waals surface area contributed by atoms with E-state index in [2.05, 4.69) is 12.0 Å². The molecule has 0 aromatic carbocycles. The lowest BCUT2D eigenvalue weighted by Crippen LogP contribution is -2.23. The van der Waals surface area contributed by atoms with E-state index in [1.165, 1.54) is 0 Å². The molecular weight excluding hydrogens is 204 g/mol. The maximum atomic E-state index is 9.83. The average molecular weight is 226 g/mol. The van der Waals surface area contributed by atoms with Gasteiger partial charge in [0.15, 0.2) is 5.82 Å². The van der Waals surface area contributed by atoms with Gasteiger partial charge in [-0.1, -0.05) is 27.2 Å². The molecule has 1 aromatic heterocycles. The van der Waals surface area contributed by atoms with Crippen LogP contribution in [0, 0.1) is 5.92 Å². The Kier molecular flexibility index (Phi) is 4.18. The zero-order valence-electron chi connectivity index (χ0n) is 10.3. The summed E-state index contributed by atoms with van der Waals surface area (Å²) in [5, 5.41) is 14.0. The second-order valence-electron chi connectivity index (χ2n) is 4.49. The maximum Gasteiger partial charge on any atom is 0.169 e. The van der Waals surface area contributed by atoms with Crippen molar-refractivity contribution in [1.82, 2.24) is 9.78 Å². The van der Waals surface area contributed by atoms with Crippen molar-refractivity contribution in [2.75, 3.05) is 11.5 Å². The van der Waals surface area contributed by atoms with Gasteiger partial charge in [0.05, 0.1) is 24.0 Å². The summed E-state index contributed by atoms with van der Waals surface area (Å²) >= 11 is 0. The molecule has 1 aromatic rings. The van der Waals surface area contributed by atoms with Crippen LogP contribution in [0.4, 0.5) is 11.5 Å². The summed E-state index contributed by atoms with van der Waals surface area (Å²) in [6.07, 6.45) is 1.39. The molecule has 0 fully saturated rings. The molecular formula is C11H22N4O. The van der Waals surface area contributed by atoms with Crippen LogP contribution in [0.5, 0.6) is 0 Å². The summed E-state index contributed by atoms with van der Waals surface area (Å²) in [5.74, 6) is 0.556. The van der Waals surface area contributed by atoms with Crippen molar-refractivity contribution in [2.24, 2.45) is 5.92 Å². The van der Waals surface area contributed by atoms with Gasteiger partial charge in [-0.15, -0.1) is 0 Å². The molecule has 16 heavy (non-hydrogen) atoms. The first-order valence-corrected chi connectivity index (χ1v) is 5.76. The standard InChI is InChI=1S/C11H22N4O/c1-4-5-8-10(12)11(13)14-15(8)6-9(16)7(2)3/h7,9,16H,4-6,12H2,1-3H3,(H2,13,14). The minimum atomic E-state index is -0.422. The molecule has 0 saturated heterocycles. The first kappa shape index (κ1) is 12.8. The van der Waals surface area contributed by atoms with Gasteiger partial charge in [0, 0.05) is 0 Å². The van der Waals surface area contributed by atoms with Gasteiger partial charge in [0.2, 0.25) is 0 Å². The molecule has 5 heteroatoms. The molecule has 0 bridgehead atoms. The van der Waals surface area contributed by atoms with Gasteiger partial charge in [-0.05, 0) is 12.3 Å². The number of aliphatic hydroxyl groups excluding tert-OH is 1. The van der Waals surface area contributed by atoms with Gasteiger partial charge >= 0.3 is 0 Å². The van der Waals surface area contributed by atoms with E-state index in [-0.39, 0.29) is 5.92 Å². The largest absolute Gasteiger partial charge is 0.394 e. The predicted molar refractivity (Wildman–Crippen MR) is 65.9 cm³/mol. The number of hydrogen-bond acceptors (Lipinski definition) is 4. The number of nitrogen functional groups attached to an aromatic ring is 2. The highest BCUT2D eigenvalue weighted by Gasteiger charge is 2.16. The van der Waals surface area contributed by atoms with Gasteiger partial charge in [0.1, 0.15) is 0 Å². The Morgan fingerprint density at radius 1 is 1.38 bits per heavy atom. The van der Waals surface area contributed by atoms with E-state index in [1.807, 2.05) is 13.8 Å². The van der Waals surface area contributed by atoms with Crippen LogP contribution in [0.25, 0.3) is 0 Å². The molecule has 0 aliphatic heterocycles. The molecule has 0 aliphatic rings. The highest BCUT2D eigenvalue weighted by molar-refractivity contribution is 5.61. The Morgan fingerprint density at radius 2 is 2.00 bits per heavy atom. The van der Waals surface area contributed by atoms with E-state index in [0.717, 1.165) is 18.5 Å². The molecule has 0 saturated carbocycles. The third-order valence-electron chi connectivity index (χ3n) is 2.74. The Morgan fingerprint density at radius 3 is 2.50 bits per heavy atom. The third-order valence-corrected chi connectivity index (χ3v) is 2.74. The molecule has 92 valence electrons. The summed E-state index contributed by atoms with van der Waals surface area (Å²) in [7, 11) is 0. The van der Waals surface area contributed by atoms with E-state index in [9.17, 15) is 5.11 Å². The normalized spacial score (nSPS) is 13.3. The molecule has 0 aliphatic carbocycles. The van der Waals surface area contributed by atoms with Crippen LogP contribution in [0.2, 0.25) is 0 Å². The van der Waals surface area contributed by atoms with E-state index < -0.39 is 6.10 Å². The topological polar surface area (TPSA) is 90.1 Å².